The lowest BCUT2D eigenvalue weighted by Gasteiger charge is -2.19. The summed E-state index contributed by atoms with van der Waals surface area (Å²) in [6.07, 6.45) is 2.05. The molecule has 1 atom stereocenters. The van der Waals surface area contributed by atoms with Crippen LogP contribution in [0.15, 0.2) is 12.0 Å². The number of ether oxygens (including phenoxy) is 1. The molecule has 0 aromatic heterocycles. The molecule has 1 unspecified atom stereocenters. The van der Waals surface area contributed by atoms with Gasteiger partial charge in [0.15, 0.2) is 0 Å². The van der Waals surface area contributed by atoms with E-state index in [1.165, 1.54) is 0 Å². The van der Waals surface area contributed by atoms with Gasteiger partial charge in [-0.05, 0) is 7.05 Å². The summed E-state index contributed by atoms with van der Waals surface area (Å²) >= 11 is 0. The third-order valence-corrected chi connectivity index (χ3v) is 1.76. The molecule has 0 saturated heterocycles. The van der Waals surface area contributed by atoms with Crippen LogP contribution in [-0.2, 0) is 4.74 Å². The van der Waals surface area contributed by atoms with Gasteiger partial charge in [-0.2, -0.15) is 0 Å². The molecule has 3 nitrogen and oxygen atoms in total. The van der Waals surface area contributed by atoms with Gasteiger partial charge in [0, 0.05) is 19.2 Å². The van der Waals surface area contributed by atoms with Crippen LogP contribution in [0.25, 0.3) is 0 Å². The standard InChI is InChI=1S/C8H16N2O/c1-6(2)7-5-10(4)8(9-3)11-7/h5-6,8-9H,1-4H3. The summed E-state index contributed by atoms with van der Waals surface area (Å²) < 4.78 is 5.56. The highest BCUT2D eigenvalue weighted by molar-refractivity contribution is 5.00. The van der Waals surface area contributed by atoms with Crippen LogP contribution >= 0.6 is 0 Å². The highest BCUT2D eigenvalue weighted by Gasteiger charge is 2.22. The Bertz CT molecular complexity index is 165. The highest BCUT2D eigenvalue weighted by atomic mass is 16.5. The molecule has 0 radical (unpaired) electrons. The lowest BCUT2D eigenvalue weighted by molar-refractivity contribution is 0.0260. The lowest BCUT2D eigenvalue weighted by atomic mass is 10.2. The summed E-state index contributed by atoms with van der Waals surface area (Å²) in [4.78, 5) is 2.02. The van der Waals surface area contributed by atoms with Gasteiger partial charge in [-0.1, -0.05) is 13.8 Å². The zero-order valence-electron chi connectivity index (χ0n) is 7.59. The Balaban J connectivity index is 2.56. The Morgan fingerprint density at radius 3 is 2.55 bits per heavy atom. The summed E-state index contributed by atoms with van der Waals surface area (Å²) in [7, 11) is 3.88. The second-order valence-corrected chi connectivity index (χ2v) is 3.11. The molecule has 1 rings (SSSR count). The van der Waals surface area contributed by atoms with Crippen LogP contribution in [0.2, 0.25) is 0 Å². The van der Waals surface area contributed by atoms with E-state index in [4.69, 9.17) is 4.74 Å². The molecule has 64 valence electrons. The van der Waals surface area contributed by atoms with E-state index in [0.29, 0.717) is 5.92 Å². The Morgan fingerprint density at radius 1 is 1.64 bits per heavy atom. The van der Waals surface area contributed by atoms with E-state index in [1.807, 2.05) is 25.2 Å². The molecule has 0 bridgehead atoms. The molecule has 1 heterocycles. The van der Waals surface area contributed by atoms with Gasteiger partial charge in [0.2, 0.25) is 6.35 Å². The topological polar surface area (TPSA) is 24.5 Å². The SMILES string of the molecule is CNC1OC(C(C)C)=CN1C. The summed E-state index contributed by atoms with van der Waals surface area (Å²) in [6.45, 7) is 4.25. The Hall–Kier alpha value is -0.700. The summed E-state index contributed by atoms with van der Waals surface area (Å²) in [5.41, 5.74) is 0. The number of hydrogen-bond donors (Lipinski definition) is 1. The van der Waals surface area contributed by atoms with E-state index in [-0.39, 0.29) is 6.35 Å². The number of rotatable bonds is 2. The summed E-state index contributed by atoms with van der Waals surface area (Å²) in [6, 6.07) is 0. The van der Waals surface area contributed by atoms with Crippen LogP contribution in [0.1, 0.15) is 13.8 Å². The van der Waals surface area contributed by atoms with Gasteiger partial charge >= 0.3 is 0 Å². The first-order chi connectivity index (χ1) is 5.15. The molecule has 0 saturated carbocycles. The number of hydrogen-bond acceptors (Lipinski definition) is 3. The van der Waals surface area contributed by atoms with Crippen molar-refractivity contribution in [3.05, 3.63) is 12.0 Å². The van der Waals surface area contributed by atoms with E-state index in [1.54, 1.807) is 0 Å². The van der Waals surface area contributed by atoms with Crippen molar-refractivity contribution in [2.45, 2.75) is 20.2 Å². The maximum Gasteiger partial charge on any atom is 0.228 e. The van der Waals surface area contributed by atoms with Crippen LogP contribution in [0, 0.1) is 5.92 Å². The lowest BCUT2D eigenvalue weighted by Crippen LogP contribution is -2.36. The second kappa shape index (κ2) is 3.13. The van der Waals surface area contributed by atoms with E-state index in [9.17, 15) is 0 Å². The largest absolute Gasteiger partial charge is 0.460 e. The molecule has 1 aliphatic heterocycles. The van der Waals surface area contributed by atoms with Gasteiger partial charge in [-0.15, -0.1) is 0 Å². The molecule has 0 aliphatic carbocycles. The monoisotopic (exact) mass is 156 g/mol. The van der Waals surface area contributed by atoms with E-state index < -0.39 is 0 Å². The normalized spacial score (nSPS) is 23.9. The minimum atomic E-state index is 0.0207. The van der Waals surface area contributed by atoms with Gasteiger partial charge in [-0.25, -0.2) is 0 Å². The number of allylic oxidation sites excluding steroid dienone is 1. The van der Waals surface area contributed by atoms with Crippen molar-refractivity contribution in [2.75, 3.05) is 14.1 Å². The third kappa shape index (κ3) is 1.66. The van der Waals surface area contributed by atoms with Gasteiger partial charge < -0.3 is 9.64 Å². The average molecular weight is 156 g/mol. The maximum absolute atomic E-state index is 5.56. The Morgan fingerprint density at radius 2 is 2.27 bits per heavy atom. The van der Waals surface area contributed by atoms with Gasteiger partial charge in [-0.3, -0.25) is 5.32 Å². The van der Waals surface area contributed by atoms with E-state index in [0.717, 1.165) is 5.76 Å². The summed E-state index contributed by atoms with van der Waals surface area (Å²) in [5.74, 6) is 1.52. The predicted molar refractivity (Wildman–Crippen MR) is 44.6 cm³/mol. The van der Waals surface area contributed by atoms with Crippen molar-refractivity contribution in [2.24, 2.45) is 5.92 Å². The molecule has 11 heavy (non-hydrogen) atoms. The quantitative estimate of drug-likeness (QED) is 0.644. The smallest absolute Gasteiger partial charge is 0.228 e. The fourth-order valence-electron chi connectivity index (χ4n) is 1.06. The fourth-order valence-corrected chi connectivity index (χ4v) is 1.06. The van der Waals surface area contributed by atoms with Crippen molar-refractivity contribution in [3.63, 3.8) is 0 Å². The Kier molecular flexibility index (Phi) is 2.39. The molecular formula is C8H16N2O. The first-order valence-corrected chi connectivity index (χ1v) is 3.92. The van der Waals surface area contributed by atoms with Crippen LogP contribution in [-0.4, -0.2) is 25.3 Å². The average Bonchev–Trinajstić information content (AvgIpc) is 2.31. The molecule has 1 N–H and O–H groups in total. The van der Waals surface area contributed by atoms with Crippen molar-refractivity contribution in [1.82, 2.24) is 10.2 Å². The maximum atomic E-state index is 5.56. The molecule has 1 aliphatic rings. The molecule has 0 fully saturated rings. The van der Waals surface area contributed by atoms with Crippen molar-refractivity contribution in [3.8, 4) is 0 Å². The third-order valence-electron chi connectivity index (χ3n) is 1.76. The van der Waals surface area contributed by atoms with Gasteiger partial charge in [0.1, 0.15) is 5.76 Å². The van der Waals surface area contributed by atoms with Crippen molar-refractivity contribution in [1.29, 1.82) is 0 Å². The Labute approximate surface area is 68.0 Å². The molecule has 0 amide bonds. The van der Waals surface area contributed by atoms with E-state index in [2.05, 4.69) is 19.2 Å². The molecule has 3 heteroatoms. The number of nitrogens with zero attached hydrogens (tertiary/aromatic N) is 1. The minimum Gasteiger partial charge on any atom is -0.460 e. The van der Waals surface area contributed by atoms with E-state index >= 15 is 0 Å². The number of nitrogens with one attached hydrogen (secondary N) is 1. The molecule has 0 spiro atoms. The first kappa shape index (κ1) is 8.40. The predicted octanol–water partition coefficient (Wildman–Crippen LogP) is 0.949. The van der Waals surface area contributed by atoms with Gasteiger partial charge in [0.25, 0.3) is 0 Å². The zero-order chi connectivity index (χ0) is 8.43. The van der Waals surface area contributed by atoms with Crippen LogP contribution in [0.3, 0.4) is 0 Å². The highest BCUT2D eigenvalue weighted by Crippen LogP contribution is 2.20. The zero-order valence-corrected chi connectivity index (χ0v) is 7.59. The molecule has 0 aromatic rings. The molecule has 0 aromatic carbocycles. The van der Waals surface area contributed by atoms with Crippen LogP contribution in [0.5, 0.6) is 0 Å². The second-order valence-electron chi connectivity index (χ2n) is 3.11. The first-order valence-electron chi connectivity index (χ1n) is 3.92. The van der Waals surface area contributed by atoms with Crippen LogP contribution < -0.4 is 5.32 Å². The van der Waals surface area contributed by atoms with Crippen LogP contribution in [0.4, 0.5) is 0 Å². The molecular weight excluding hydrogens is 140 g/mol. The van der Waals surface area contributed by atoms with Gasteiger partial charge in [0.05, 0.1) is 0 Å². The summed E-state index contributed by atoms with van der Waals surface area (Å²) in [5, 5.41) is 3.05. The van der Waals surface area contributed by atoms with Crippen molar-refractivity contribution >= 4 is 0 Å². The minimum absolute atomic E-state index is 0.0207. The van der Waals surface area contributed by atoms with Crippen molar-refractivity contribution < 1.29 is 4.74 Å². The fraction of sp³-hybridized carbons (Fsp3) is 0.750.